The standard InChI is InChI=1S/C18H17BrN4O.C6H14.C2H6/c1-10(2)16-7-12(22-24-16)8-17-21-15-9-20-14-5-4-11(19)6-13(14)18(15)23(17)3;1-3-5-6-4-2;1-2/h4-7,9-10H,8H2,1-3H3;3-6H2,1-2H3;1-2H3. The molecule has 0 saturated heterocycles. The molecule has 0 unspecified atom stereocenters. The summed E-state index contributed by atoms with van der Waals surface area (Å²) in [5, 5.41) is 5.26. The van der Waals surface area contributed by atoms with Gasteiger partial charge in [-0.15, -0.1) is 0 Å². The van der Waals surface area contributed by atoms with E-state index in [0.29, 0.717) is 12.3 Å². The van der Waals surface area contributed by atoms with Crippen LogP contribution in [0.1, 0.15) is 90.4 Å². The lowest BCUT2D eigenvalue weighted by Gasteiger charge is -2.03. The second-order valence-corrected chi connectivity index (χ2v) is 8.92. The Balaban J connectivity index is 0.000000396. The number of pyridine rings is 1. The average Bonchev–Trinajstić information content (AvgIpc) is 3.39. The highest BCUT2D eigenvalue weighted by Gasteiger charge is 2.15. The molecule has 0 aliphatic rings. The van der Waals surface area contributed by atoms with Crippen LogP contribution in [0.15, 0.2) is 39.5 Å². The first-order valence-corrected chi connectivity index (χ1v) is 12.6. The maximum absolute atomic E-state index is 5.39. The summed E-state index contributed by atoms with van der Waals surface area (Å²) in [4.78, 5) is 9.25. The topological polar surface area (TPSA) is 56.7 Å². The fourth-order valence-electron chi connectivity index (χ4n) is 3.42. The third kappa shape index (κ3) is 6.41. The van der Waals surface area contributed by atoms with Crippen molar-refractivity contribution >= 4 is 37.9 Å². The van der Waals surface area contributed by atoms with Crippen LogP contribution in [0.3, 0.4) is 0 Å². The first-order chi connectivity index (χ1) is 15.4. The van der Waals surface area contributed by atoms with Crippen molar-refractivity contribution in [3.05, 3.63) is 52.2 Å². The van der Waals surface area contributed by atoms with E-state index in [2.05, 4.69) is 64.4 Å². The minimum Gasteiger partial charge on any atom is -0.361 e. The Bertz CT molecular complexity index is 1110. The molecule has 0 radical (unpaired) electrons. The second-order valence-electron chi connectivity index (χ2n) is 8.00. The number of hydrogen-bond donors (Lipinski definition) is 0. The normalized spacial score (nSPS) is 10.8. The molecule has 0 aliphatic carbocycles. The maximum Gasteiger partial charge on any atom is 0.139 e. The Kier molecular flexibility index (Phi) is 10.4. The minimum atomic E-state index is 0.331. The van der Waals surface area contributed by atoms with Gasteiger partial charge in [-0.25, -0.2) is 4.98 Å². The van der Waals surface area contributed by atoms with Gasteiger partial charge in [-0.1, -0.05) is 88.3 Å². The van der Waals surface area contributed by atoms with E-state index < -0.39 is 0 Å². The number of unbranched alkanes of at least 4 members (excludes halogenated alkanes) is 3. The molecule has 0 aliphatic heterocycles. The highest BCUT2D eigenvalue weighted by atomic mass is 79.9. The second kappa shape index (κ2) is 12.7. The molecular formula is C26H37BrN4O. The smallest absolute Gasteiger partial charge is 0.139 e. The van der Waals surface area contributed by atoms with E-state index in [1.165, 1.54) is 25.7 Å². The van der Waals surface area contributed by atoms with Gasteiger partial charge >= 0.3 is 0 Å². The molecule has 4 aromatic rings. The van der Waals surface area contributed by atoms with Crippen molar-refractivity contribution < 1.29 is 4.52 Å². The van der Waals surface area contributed by atoms with Gasteiger partial charge in [0.2, 0.25) is 0 Å². The molecule has 3 heterocycles. The zero-order valence-corrected chi connectivity index (χ0v) is 22.2. The first kappa shape index (κ1) is 26.0. The Morgan fingerprint density at radius 1 is 1.03 bits per heavy atom. The van der Waals surface area contributed by atoms with Gasteiger partial charge in [0.1, 0.15) is 17.1 Å². The number of halogens is 1. The highest BCUT2D eigenvalue weighted by Crippen LogP contribution is 2.27. The summed E-state index contributed by atoms with van der Waals surface area (Å²) in [6.07, 6.45) is 8.00. The van der Waals surface area contributed by atoms with Crippen molar-refractivity contribution in [3.8, 4) is 0 Å². The van der Waals surface area contributed by atoms with Crippen molar-refractivity contribution in [1.29, 1.82) is 0 Å². The Hall–Kier alpha value is -2.21. The molecule has 174 valence electrons. The van der Waals surface area contributed by atoms with E-state index in [1.807, 2.05) is 45.3 Å². The van der Waals surface area contributed by atoms with Crippen LogP contribution in [0.4, 0.5) is 0 Å². The van der Waals surface area contributed by atoms with Gasteiger partial charge in [0.05, 0.1) is 29.3 Å². The molecule has 0 atom stereocenters. The van der Waals surface area contributed by atoms with Crippen molar-refractivity contribution in [2.24, 2.45) is 7.05 Å². The van der Waals surface area contributed by atoms with E-state index in [0.717, 1.165) is 43.7 Å². The zero-order valence-electron chi connectivity index (χ0n) is 20.6. The minimum absolute atomic E-state index is 0.331. The first-order valence-electron chi connectivity index (χ1n) is 11.8. The molecule has 0 saturated carbocycles. The summed E-state index contributed by atoms with van der Waals surface area (Å²) >= 11 is 3.54. The number of fused-ring (bicyclic) bond motifs is 3. The number of rotatable bonds is 6. The third-order valence-electron chi connectivity index (χ3n) is 5.20. The Morgan fingerprint density at radius 2 is 1.72 bits per heavy atom. The molecule has 0 N–H and O–H groups in total. The average molecular weight is 502 g/mol. The van der Waals surface area contributed by atoms with Crippen LogP contribution in [0.25, 0.3) is 21.9 Å². The van der Waals surface area contributed by atoms with Crippen molar-refractivity contribution in [2.75, 3.05) is 0 Å². The van der Waals surface area contributed by atoms with Crippen LogP contribution >= 0.6 is 15.9 Å². The number of imidazole rings is 1. The fourth-order valence-corrected chi connectivity index (χ4v) is 3.78. The molecular weight excluding hydrogens is 464 g/mol. The van der Waals surface area contributed by atoms with Gasteiger partial charge in [0, 0.05) is 28.9 Å². The van der Waals surface area contributed by atoms with Gasteiger partial charge < -0.3 is 9.09 Å². The Labute approximate surface area is 200 Å². The Morgan fingerprint density at radius 3 is 2.31 bits per heavy atom. The van der Waals surface area contributed by atoms with Crippen molar-refractivity contribution in [2.45, 2.75) is 79.6 Å². The van der Waals surface area contributed by atoms with Gasteiger partial charge in [-0.3, -0.25) is 4.98 Å². The molecule has 6 heteroatoms. The highest BCUT2D eigenvalue weighted by molar-refractivity contribution is 9.10. The van der Waals surface area contributed by atoms with Crippen LogP contribution < -0.4 is 0 Å². The lowest BCUT2D eigenvalue weighted by Crippen LogP contribution is -1.99. The third-order valence-corrected chi connectivity index (χ3v) is 5.69. The summed E-state index contributed by atoms with van der Waals surface area (Å²) in [6, 6.07) is 8.11. The number of benzene rings is 1. The van der Waals surface area contributed by atoms with Crippen molar-refractivity contribution in [3.63, 3.8) is 0 Å². The summed E-state index contributed by atoms with van der Waals surface area (Å²) in [5.74, 6) is 2.18. The van der Waals surface area contributed by atoms with Gasteiger partial charge in [0.15, 0.2) is 0 Å². The predicted molar refractivity (Wildman–Crippen MR) is 138 cm³/mol. The molecule has 0 spiro atoms. The SMILES string of the molecule is CC.CC(C)c1cc(Cc2nc3cnc4ccc(Br)cc4c3n2C)no1.CCCCCC. The summed E-state index contributed by atoms with van der Waals surface area (Å²) in [7, 11) is 2.04. The monoisotopic (exact) mass is 500 g/mol. The number of aryl methyl sites for hydroxylation is 1. The van der Waals surface area contributed by atoms with E-state index in [1.54, 1.807) is 0 Å². The molecule has 3 aromatic heterocycles. The number of nitrogens with zero attached hydrogens (tertiary/aromatic N) is 4. The van der Waals surface area contributed by atoms with Crippen LogP contribution in [-0.2, 0) is 13.5 Å². The summed E-state index contributed by atoms with van der Waals surface area (Å²) in [6.45, 7) is 12.6. The lowest BCUT2D eigenvalue weighted by atomic mass is 10.1. The molecule has 4 rings (SSSR count). The number of hydrogen-bond acceptors (Lipinski definition) is 4. The van der Waals surface area contributed by atoms with E-state index in [-0.39, 0.29) is 0 Å². The quantitative estimate of drug-likeness (QED) is 0.250. The predicted octanol–water partition coefficient (Wildman–Crippen LogP) is 8.20. The van der Waals surface area contributed by atoms with Crippen LogP contribution in [-0.4, -0.2) is 19.7 Å². The lowest BCUT2D eigenvalue weighted by molar-refractivity contribution is 0.366. The van der Waals surface area contributed by atoms with Crippen molar-refractivity contribution in [1.82, 2.24) is 19.7 Å². The van der Waals surface area contributed by atoms with Gasteiger partial charge in [-0.05, 0) is 18.2 Å². The maximum atomic E-state index is 5.39. The van der Waals surface area contributed by atoms with E-state index >= 15 is 0 Å². The molecule has 0 bridgehead atoms. The molecule has 32 heavy (non-hydrogen) atoms. The van der Waals surface area contributed by atoms with Gasteiger partial charge in [-0.2, -0.15) is 0 Å². The molecule has 0 amide bonds. The van der Waals surface area contributed by atoms with Crippen LogP contribution in [0.2, 0.25) is 0 Å². The molecule has 0 fully saturated rings. The molecule has 1 aromatic carbocycles. The van der Waals surface area contributed by atoms with E-state index in [4.69, 9.17) is 9.51 Å². The largest absolute Gasteiger partial charge is 0.361 e. The van der Waals surface area contributed by atoms with Gasteiger partial charge in [0.25, 0.3) is 0 Å². The molecule has 5 nitrogen and oxygen atoms in total. The zero-order chi connectivity index (χ0) is 23.7. The van der Waals surface area contributed by atoms with Crippen LogP contribution in [0, 0.1) is 0 Å². The number of aromatic nitrogens is 4. The van der Waals surface area contributed by atoms with Crippen LogP contribution in [0.5, 0.6) is 0 Å². The fraction of sp³-hybridized carbons (Fsp3) is 0.500. The summed E-state index contributed by atoms with van der Waals surface area (Å²) in [5.41, 5.74) is 3.84. The van der Waals surface area contributed by atoms with E-state index in [9.17, 15) is 0 Å². The summed E-state index contributed by atoms with van der Waals surface area (Å²) < 4.78 is 8.55.